The van der Waals surface area contributed by atoms with Gasteiger partial charge >= 0.3 is 0 Å². The lowest BCUT2D eigenvalue weighted by Gasteiger charge is -2.21. The number of aromatic nitrogens is 1. The maximum Gasteiger partial charge on any atom is 0.120 e. The van der Waals surface area contributed by atoms with E-state index >= 15 is 0 Å². The quantitative estimate of drug-likeness (QED) is 0.738. The SMILES string of the molecule is CCC(Nc1cccc2cnccc12)c1ccccc1O. The summed E-state index contributed by atoms with van der Waals surface area (Å²) in [5, 5.41) is 15.8. The second kappa shape index (κ2) is 5.83. The van der Waals surface area contributed by atoms with Crippen LogP contribution in [-0.4, -0.2) is 10.1 Å². The summed E-state index contributed by atoms with van der Waals surface area (Å²) in [6.45, 7) is 2.11. The number of anilines is 1. The highest BCUT2D eigenvalue weighted by Gasteiger charge is 2.13. The van der Waals surface area contributed by atoms with Crippen LogP contribution < -0.4 is 5.32 Å². The van der Waals surface area contributed by atoms with Crippen LogP contribution >= 0.6 is 0 Å². The van der Waals surface area contributed by atoms with E-state index in [9.17, 15) is 5.11 Å². The predicted molar refractivity (Wildman–Crippen MR) is 86.5 cm³/mol. The van der Waals surface area contributed by atoms with Crippen LogP contribution in [0.2, 0.25) is 0 Å². The zero-order chi connectivity index (χ0) is 14.7. The van der Waals surface area contributed by atoms with Crippen LogP contribution in [0, 0.1) is 0 Å². The molecule has 21 heavy (non-hydrogen) atoms. The first kappa shape index (κ1) is 13.4. The minimum Gasteiger partial charge on any atom is -0.508 e. The largest absolute Gasteiger partial charge is 0.508 e. The van der Waals surface area contributed by atoms with Gasteiger partial charge in [0.1, 0.15) is 5.75 Å². The molecule has 2 N–H and O–H groups in total. The molecule has 1 aromatic heterocycles. The minimum atomic E-state index is 0.0740. The number of aromatic hydroxyl groups is 1. The van der Waals surface area contributed by atoms with E-state index in [0.29, 0.717) is 5.75 Å². The monoisotopic (exact) mass is 278 g/mol. The second-order valence-corrected chi connectivity index (χ2v) is 5.07. The number of rotatable bonds is 4. The third kappa shape index (κ3) is 2.68. The average Bonchev–Trinajstić information content (AvgIpc) is 2.53. The Bertz CT molecular complexity index is 750. The van der Waals surface area contributed by atoms with Gasteiger partial charge in [-0.3, -0.25) is 4.98 Å². The fraction of sp³-hybridized carbons (Fsp3) is 0.167. The van der Waals surface area contributed by atoms with Gasteiger partial charge in [-0.15, -0.1) is 0 Å². The molecule has 0 spiro atoms. The summed E-state index contributed by atoms with van der Waals surface area (Å²) in [6.07, 6.45) is 4.55. The van der Waals surface area contributed by atoms with E-state index in [4.69, 9.17) is 0 Å². The van der Waals surface area contributed by atoms with Crippen molar-refractivity contribution in [1.29, 1.82) is 0 Å². The first-order valence-corrected chi connectivity index (χ1v) is 7.16. The predicted octanol–water partition coefficient (Wildman–Crippen LogP) is 4.50. The molecule has 0 bridgehead atoms. The van der Waals surface area contributed by atoms with Crippen molar-refractivity contribution >= 4 is 16.5 Å². The van der Waals surface area contributed by atoms with Gasteiger partial charge in [0, 0.05) is 34.4 Å². The fourth-order valence-corrected chi connectivity index (χ4v) is 2.62. The van der Waals surface area contributed by atoms with Gasteiger partial charge in [-0.2, -0.15) is 0 Å². The Hall–Kier alpha value is -2.55. The van der Waals surface area contributed by atoms with Crippen molar-refractivity contribution in [3.63, 3.8) is 0 Å². The Balaban J connectivity index is 1.98. The van der Waals surface area contributed by atoms with Gasteiger partial charge in [0.2, 0.25) is 0 Å². The van der Waals surface area contributed by atoms with Crippen molar-refractivity contribution < 1.29 is 5.11 Å². The molecule has 1 unspecified atom stereocenters. The zero-order valence-corrected chi connectivity index (χ0v) is 12.0. The molecular formula is C18H18N2O. The summed E-state index contributed by atoms with van der Waals surface area (Å²) in [5.74, 6) is 0.332. The lowest BCUT2D eigenvalue weighted by Crippen LogP contribution is -2.10. The normalized spacial score (nSPS) is 12.2. The number of hydrogen-bond donors (Lipinski definition) is 2. The molecule has 0 saturated heterocycles. The molecule has 0 aliphatic rings. The van der Waals surface area contributed by atoms with Crippen molar-refractivity contribution in [3.8, 4) is 5.75 Å². The van der Waals surface area contributed by atoms with Gasteiger partial charge in [-0.1, -0.05) is 37.3 Å². The third-order valence-corrected chi connectivity index (χ3v) is 3.73. The molecule has 0 fully saturated rings. The Morgan fingerprint density at radius 2 is 1.95 bits per heavy atom. The number of phenolic OH excluding ortho intramolecular Hbond substituents is 1. The van der Waals surface area contributed by atoms with E-state index in [0.717, 1.165) is 28.4 Å². The molecule has 3 nitrogen and oxygen atoms in total. The molecule has 3 aromatic rings. The average molecular weight is 278 g/mol. The van der Waals surface area contributed by atoms with E-state index in [1.54, 1.807) is 12.3 Å². The Morgan fingerprint density at radius 3 is 2.76 bits per heavy atom. The van der Waals surface area contributed by atoms with E-state index in [-0.39, 0.29) is 6.04 Å². The van der Waals surface area contributed by atoms with Crippen molar-refractivity contribution in [3.05, 3.63) is 66.5 Å². The Labute approximate surface area is 124 Å². The van der Waals surface area contributed by atoms with E-state index in [2.05, 4.69) is 29.4 Å². The number of hydrogen-bond acceptors (Lipinski definition) is 3. The maximum absolute atomic E-state index is 10.1. The lowest BCUT2D eigenvalue weighted by molar-refractivity contribution is 0.463. The number of fused-ring (bicyclic) bond motifs is 1. The summed E-state index contributed by atoms with van der Waals surface area (Å²) in [4.78, 5) is 4.16. The standard InChI is InChI=1S/C18H18N2O/c1-2-16(15-7-3-4-9-18(15)21)20-17-8-5-6-13-12-19-11-10-14(13)17/h3-12,16,20-21H,2H2,1H3. The fourth-order valence-electron chi connectivity index (χ4n) is 2.62. The lowest BCUT2D eigenvalue weighted by atomic mass is 10.0. The highest BCUT2D eigenvalue weighted by atomic mass is 16.3. The number of benzene rings is 2. The van der Waals surface area contributed by atoms with E-state index in [1.165, 1.54) is 0 Å². The molecule has 0 radical (unpaired) electrons. The second-order valence-electron chi connectivity index (χ2n) is 5.07. The Kier molecular flexibility index (Phi) is 3.73. The molecule has 106 valence electrons. The maximum atomic E-state index is 10.1. The molecule has 0 aliphatic heterocycles. The molecule has 0 aliphatic carbocycles. The van der Waals surface area contributed by atoms with Crippen molar-refractivity contribution in [2.75, 3.05) is 5.32 Å². The number of nitrogens with one attached hydrogen (secondary N) is 1. The minimum absolute atomic E-state index is 0.0740. The van der Waals surface area contributed by atoms with Crippen LogP contribution in [0.4, 0.5) is 5.69 Å². The van der Waals surface area contributed by atoms with Crippen molar-refractivity contribution in [2.45, 2.75) is 19.4 Å². The highest BCUT2D eigenvalue weighted by Crippen LogP contribution is 2.31. The summed E-state index contributed by atoms with van der Waals surface area (Å²) >= 11 is 0. The molecule has 1 heterocycles. The summed E-state index contributed by atoms with van der Waals surface area (Å²) in [5.41, 5.74) is 1.98. The first-order chi connectivity index (χ1) is 10.3. The molecule has 0 amide bonds. The summed E-state index contributed by atoms with van der Waals surface area (Å²) in [6, 6.07) is 15.7. The van der Waals surface area contributed by atoms with Gasteiger partial charge in [0.25, 0.3) is 0 Å². The van der Waals surface area contributed by atoms with Crippen LogP contribution in [0.5, 0.6) is 5.75 Å². The van der Waals surface area contributed by atoms with E-state index in [1.807, 2.05) is 36.5 Å². The molecule has 1 atom stereocenters. The topological polar surface area (TPSA) is 45.2 Å². The number of para-hydroxylation sites is 1. The van der Waals surface area contributed by atoms with Crippen LogP contribution in [0.15, 0.2) is 60.9 Å². The Morgan fingerprint density at radius 1 is 1.10 bits per heavy atom. The van der Waals surface area contributed by atoms with Crippen LogP contribution in [0.1, 0.15) is 24.9 Å². The van der Waals surface area contributed by atoms with Gasteiger partial charge in [0.15, 0.2) is 0 Å². The number of nitrogens with zero attached hydrogens (tertiary/aromatic N) is 1. The van der Waals surface area contributed by atoms with Crippen LogP contribution in [-0.2, 0) is 0 Å². The highest BCUT2D eigenvalue weighted by molar-refractivity contribution is 5.93. The van der Waals surface area contributed by atoms with Gasteiger partial charge in [-0.25, -0.2) is 0 Å². The van der Waals surface area contributed by atoms with Gasteiger partial charge < -0.3 is 10.4 Å². The number of pyridine rings is 1. The molecule has 0 saturated carbocycles. The molecule has 2 aromatic carbocycles. The smallest absolute Gasteiger partial charge is 0.120 e. The summed E-state index contributed by atoms with van der Waals surface area (Å²) < 4.78 is 0. The number of phenols is 1. The molecular weight excluding hydrogens is 260 g/mol. The van der Waals surface area contributed by atoms with E-state index < -0.39 is 0 Å². The van der Waals surface area contributed by atoms with Crippen molar-refractivity contribution in [2.24, 2.45) is 0 Å². The van der Waals surface area contributed by atoms with Gasteiger partial charge in [0.05, 0.1) is 6.04 Å². The molecule has 3 rings (SSSR count). The molecule has 3 heteroatoms. The first-order valence-electron chi connectivity index (χ1n) is 7.16. The van der Waals surface area contributed by atoms with Crippen molar-refractivity contribution in [1.82, 2.24) is 4.98 Å². The van der Waals surface area contributed by atoms with Gasteiger partial charge in [-0.05, 0) is 24.6 Å². The van der Waals surface area contributed by atoms with Crippen LogP contribution in [0.25, 0.3) is 10.8 Å². The zero-order valence-electron chi connectivity index (χ0n) is 12.0. The van der Waals surface area contributed by atoms with Crippen LogP contribution in [0.3, 0.4) is 0 Å². The third-order valence-electron chi connectivity index (χ3n) is 3.73. The summed E-state index contributed by atoms with van der Waals surface area (Å²) in [7, 11) is 0.